The molecule has 1 aromatic rings. The highest BCUT2D eigenvalue weighted by Gasteiger charge is 2.27. The Labute approximate surface area is 113 Å². The van der Waals surface area contributed by atoms with Crippen LogP contribution in [0, 0.1) is 0 Å². The number of hydrogen-bond donors (Lipinski definition) is 3. The number of carbonyl (C=O) groups is 3. The SMILES string of the molecule is O=C1CCC(C(=O)Nc2ccc(C(=O)O)c(Cl)c2)N1. The fourth-order valence-electron chi connectivity index (χ4n) is 1.81. The lowest BCUT2D eigenvalue weighted by Gasteiger charge is -2.11. The van der Waals surface area contributed by atoms with Gasteiger partial charge in [-0.25, -0.2) is 4.79 Å². The summed E-state index contributed by atoms with van der Waals surface area (Å²) in [6, 6.07) is 3.57. The van der Waals surface area contributed by atoms with Gasteiger partial charge in [0.1, 0.15) is 6.04 Å². The van der Waals surface area contributed by atoms with Gasteiger partial charge >= 0.3 is 5.97 Å². The Kier molecular flexibility index (Phi) is 3.71. The van der Waals surface area contributed by atoms with Crippen LogP contribution in [0.1, 0.15) is 23.2 Å². The molecule has 6 nitrogen and oxygen atoms in total. The average molecular weight is 283 g/mol. The summed E-state index contributed by atoms with van der Waals surface area (Å²) >= 11 is 5.79. The Morgan fingerprint density at radius 2 is 2.16 bits per heavy atom. The smallest absolute Gasteiger partial charge is 0.337 e. The van der Waals surface area contributed by atoms with Gasteiger partial charge < -0.3 is 15.7 Å². The van der Waals surface area contributed by atoms with E-state index in [2.05, 4.69) is 10.6 Å². The maximum Gasteiger partial charge on any atom is 0.337 e. The minimum Gasteiger partial charge on any atom is -0.478 e. The maximum absolute atomic E-state index is 11.8. The van der Waals surface area contributed by atoms with Crippen LogP contribution in [-0.4, -0.2) is 28.9 Å². The van der Waals surface area contributed by atoms with Crippen LogP contribution in [0.15, 0.2) is 18.2 Å². The number of halogens is 1. The van der Waals surface area contributed by atoms with Gasteiger partial charge in [-0.3, -0.25) is 9.59 Å². The normalized spacial score (nSPS) is 17.9. The van der Waals surface area contributed by atoms with Crippen LogP contribution in [0.4, 0.5) is 5.69 Å². The summed E-state index contributed by atoms with van der Waals surface area (Å²) in [5.41, 5.74) is 0.356. The fourth-order valence-corrected chi connectivity index (χ4v) is 2.07. The van der Waals surface area contributed by atoms with Crippen LogP contribution in [-0.2, 0) is 9.59 Å². The summed E-state index contributed by atoms with van der Waals surface area (Å²) in [6.07, 6.45) is 0.780. The quantitative estimate of drug-likeness (QED) is 0.777. The summed E-state index contributed by atoms with van der Waals surface area (Å²) in [7, 11) is 0. The molecule has 0 aromatic heterocycles. The first-order chi connectivity index (χ1) is 8.97. The van der Waals surface area contributed by atoms with Crippen molar-refractivity contribution in [2.24, 2.45) is 0 Å². The van der Waals surface area contributed by atoms with Crippen LogP contribution in [0.3, 0.4) is 0 Å². The van der Waals surface area contributed by atoms with Gasteiger partial charge in [-0.05, 0) is 24.6 Å². The first kappa shape index (κ1) is 13.4. The Balaban J connectivity index is 2.07. The number of anilines is 1. The summed E-state index contributed by atoms with van der Waals surface area (Å²) in [5.74, 6) is -1.63. The zero-order chi connectivity index (χ0) is 14.0. The van der Waals surface area contributed by atoms with Gasteiger partial charge in [0.15, 0.2) is 0 Å². The summed E-state index contributed by atoms with van der Waals surface area (Å²) in [5, 5.41) is 14.0. The largest absolute Gasteiger partial charge is 0.478 e. The molecule has 100 valence electrons. The molecule has 0 aliphatic carbocycles. The minimum absolute atomic E-state index is 0.0335. The van der Waals surface area contributed by atoms with E-state index in [1.54, 1.807) is 0 Å². The first-order valence-electron chi connectivity index (χ1n) is 5.60. The summed E-state index contributed by atoms with van der Waals surface area (Å²) in [6.45, 7) is 0. The molecular weight excluding hydrogens is 272 g/mol. The van der Waals surface area contributed by atoms with E-state index in [9.17, 15) is 14.4 Å². The highest BCUT2D eigenvalue weighted by Crippen LogP contribution is 2.21. The molecule has 1 atom stereocenters. The van der Waals surface area contributed by atoms with Gasteiger partial charge in [0.25, 0.3) is 0 Å². The van der Waals surface area contributed by atoms with Crippen molar-refractivity contribution in [1.29, 1.82) is 0 Å². The second-order valence-corrected chi connectivity index (χ2v) is 4.56. The number of carboxylic acid groups (broad SMARTS) is 1. The second-order valence-electron chi connectivity index (χ2n) is 4.15. The Morgan fingerprint density at radius 1 is 1.42 bits per heavy atom. The molecule has 0 radical (unpaired) electrons. The third kappa shape index (κ3) is 3.03. The molecule has 7 heteroatoms. The van der Waals surface area contributed by atoms with Crippen LogP contribution >= 0.6 is 11.6 Å². The molecule has 1 heterocycles. The molecule has 19 heavy (non-hydrogen) atoms. The lowest BCUT2D eigenvalue weighted by Crippen LogP contribution is -2.37. The van der Waals surface area contributed by atoms with E-state index in [1.165, 1.54) is 18.2 Å². The van der Waals surface area contributed by atoms with Gasteiger partial charge in [0.05, 0.1) is 10.6 Å². The highest BCUT2D eigenvalue weighted by atomic mass is 35.5. The van der Waals surface area contributed by atoms with Gasteiger partial charge in [-0.15, -0.1) is 0 Å². The Hall–Kier alpha value is -2.08. The van der Waals surface area contributed by atoms with Crippen molar-refractivity contribution in [3.63, 3.8) is 0 Å². The maximum atomic E-state index is 11.8. The summed E-state index contributed by atoms with van der Waals surface area (Å²) in [4.78, 5) is 33.6. The van der Waals surface area contributed by atoms with Crippen molar-refractivity contribution in [2.75, 3.05) is 5.32 Å². The highest BCUT2D eigenvalue weighted by molar-refractivity contribution is 6.33. The van der Waals surface area contributed by atoms with Crippen molar-refractivity contribution in [2.45, 2.75) is 18.9 Å². The second kappa shape index (κ2) is 5.27. The molecule has 2 rings (SSSR count). The first-order valence-corrected chi connectivity index (χ1v) is 5.98. The number of hydrogen-bond acceptors (Lipinski definition) is 3. The topological polar surface area (TPSA) is 95.5 Å². The fraction of sp³-hybridized carbons (Fsp3) is 0.250. The van der Waals surface area contributed by atoms with Crippen molar-refractivity contribution in [3.8, 4) is 0 Å². The number of carboxylic acids is 1. The third-order valence-corrected chi connectivity index (χ3v) is 3.09. The molecule has 0 bridgehead atoms. The molecule has 1 fully saturated rings. The lowest BCUT2D eigenvalue weighted by atomic mass is 10.2. The van der Waals surface area contributed by atoms with Crippen molar-refractivity contribution in [1.82, 2.24) is 5.32 Å². The van der Waals surface area contributed by atoms with E-state index in [0.717, 1.165) is 0 Å². The van der Waals surface area contributed by atoms with E-state index < -0.39 is 12.0 Å². The van der Waals surface area contributed by atoms with Crippen molar-refractivity contribution >= 4 is 35.1 Å². The van der Waals surface area contributed by atoms with Crippen LogP contribution in [0.5, 0.6) is 0 Å². The van der Waals surface area contributed by atoms with Crippen LogP contribution < -0.4 is 10.6 Å². The standard InChI is InChI=1S/C12H11ClN2O4/c13-8-5-6(1-2-7(8)12(18)19)14-11(17)9-3-4-10(16)15-9/h1-2,5,9H,3-4H2,(H,14,17)(H,15,16)(H,18,19). The Bertz CT molecular complexity index is 559. The predicted octanol–water partition coefficient (Wildman–Crippen LogP) is 1.26. The van der Waals surface area contributed by atoms with Gasteiger partial charge in [-0.1, -0.05) is 11.6 Å². The average Bonchev–Trinajstić information content (AvgIpc) is 2.75. The number of amides is 2. The van der Waals surface area contributed by atoms with E-state index in [1.807, 2.05) is 0 Å². The number of carbonyl (C=O) groups excluding carboxylic acids is 2. The zero-order valence-corrected chi connectivity index (χ0v) is 10.5. The number of benzene rings is 1. The van der Waals surface area contributed by atoms with Gasteiger partial charge in [-0.2, -0.15) is 0 Å². The number of nitrogens with one attached hydrogen (secondary N) is 2. The molecule has 1 unspecified atom stereocenters. The molecule has 1 aliphatic heterocycles. The monoisotopic (exact) mass is 282 g/mol. The van der Waals surface area contributed by atoms with Crippen molar-refractivity contribution < 1.29 is 19.5 Å². The van der Waals surface area contributed by atoms with Crippen molar-refractivity contribution in [3.05, 3.63) is 28.8 Å². The molecule has 3 N–H and O–H groups in total. The van der Waals surface area contributed by atoms with E-state index in [0.29, 0.717) is 18.5 Å². The van der Waals surface area contributed by atoms with E-state index >= 15 is 0 Å². The molecular formula is C12H11ClN2O4. The molecule has 0 spiro atoms. The molecule has 2 amide bonds. The molecule has 1 aliphatic rings. The van der Waals surface area contributed by atoms with E-state index in [4.69, 9.17) is 16.7 Å². The lowest BCUT2D eigenvalue weighted by molar-refractivity contribution is -0.122. The van der Waals surface area contributed by atoms with E-state index in [-0.39, 0.29) is 22.4 Å². The minimum atomic E-state index is -1.13. The third-order valence-electron chi connectivity index (χ3n) is 2.78. The van der Waals surface area contributed by atoms with Crippen LogP contribution in [0.2, 0.25) is 5.02 Å². The predicted molar refractivity (Wildman–Crippen MR) is 68.2 cm³/mol. The van der Waals surface area contributed by atoms with Crippen LogP contribution in [0.25, 0.3) is 0 Å². The van der Waals surface area contributed by atoms with Gasteiger partial charge in [0, 0.05) is 12.1 Å². The Morgan fingerprint density at radius 3 is 2.68 bits per heavy atom. The number of rotatable bonds is 3. The number of aromatic carboxylic acids is 1. The molecule has 1 saturated heterocycles. The van der Waals surface area contributed by atoms with Gasteiger partial charge in [0.2, 0.25) is 11.8 Å². The molecule has 0 saturated carbocycles. The molecule has 1 aromatic carbocycles. The summed E-state index contributed by atoms with van der Waals surface area (Å²) < 4.78 is 0. The zero-order valence-electron chi connectivity index (χ0n) is 9.77.